The van der Waals surface area contributed by atoms with Gasteiger partial charge in [0.2, 0.25) is 0 Å². The highest BCUT2D eigenvalue weighted by Crippen LogP contribution is 2.28. The number of nitrogens with one attached hydrogen (secondary N) is 1. The number of ether oxygens (including phenoxy) is 1. The molecule has 0 unspecified atom stereocenters. The van der Waals surface area contributed by atoms with Crippen molar-refractivity contribution >= 4 is 17.4 Å². The summed E-state index contributed by atoms with van der Waals surface area (Å²) in [5.74, 6) is -0.507. The van der Waals surface area contributed by atoms with Crippen LogP contribution in [0.15, 0.2) is 18.2 Å². The van der Waals surface area contributed by atoms with Crippen molar-refractivity contribution in [3.63, 3.8) is 0 Å². The Balaban J connectivity index is 2.76. The fraction of sp³-hybridized carbons (Fsp3) is 0.500. The highest BCUT2D eigenvalue weighted by Gasteiger charge is 2.19. The van der Waals surface area contributed by atoms with Crippen LogP contribution in [0.2, 0.25) is 0 Å². The summed E-state index contributed by atoms with van der Waals surface area (Å²) in [6, 6.07) is 4.04. The molecule has 1 rings (SSSR count). The quantitative estimate of drug-likeness (QED) is 0.309. The molecule has 0 saturated carbocycles. The zero-order valence-corrected chi connectivity index (χ0v) is 13.5. The number of nitro groups is 1. The maximum Gasteiger partial charge on any atom is 0.311 e. The fourth-order valence-electron chi connectivity index (χ4n) is 1.93. The summed E-state index contributed by atoms with van der Waals surface area (Å²) >= 11 is 0. The topological polar surface area (TPSA) is 98.5 Å². The fourth-order valence-corrected chi connectivity index (χ4v) is 1.93. The average molecular weight is 322 g/mol. The molecule has 0 heterocycles. The first-order chi connectivity index (χ1) is 11.0. The van der Waals surface area contributed by atoms with Crippen molar-refractivity contribution in [2.24, 2.45) is 0 Å². The largest absolute Gasteiger partial charge is 0.477 e. The van der Waals surface area contributed by atoms with Gasteiger partial charge in [0.1, 0.15) is 0 Å². The lowest BCUT2D eigenvalue weighted by molar-refractivity contribution is -0.385. The summed E-state index contributed by atoms with van der Waals surface area (Å²) in [6.45, 7) is 4.12. The molecule has 0 atom stereocenters. The first-order valence-electron chi connectivity index (χ1n) is 7.70. The van der Waals surface area contributed by atoms with E-state index in [0.717, 1.165) is 12.8 Å². The number of benzene rings is 1. The number of hydrogen-bond acceptors (Lipinski definition) is 5. The van der Waals surface area contributed by atoms with Gasteiger partial charge in [-0.15, -0.1) is 0 Å². The van der Waals surface area contributed by atoms with E-state index >= 15 is 0 Å². The van der Waals surface area contributed by atoms with Crippen molar-refractivity contribution in [2.45, 2.75) is 39.5 Å². The first kappa shape index (κ1) is 18.6. The molecule has 0 radical (unpaired) electrons. The Morgan fingerprint density at radius 1 is 1.26 bits per heavy atom. The van der Waals surface area contributed by atoms with E-state index in [1.54, 1.807) is 0 Å². The van der Waals surface area contributed by atoms with Crippen LogP contribution in [0.25, 0.3) is 0 Å². The molecule has 0 bridgehead atoms. The van der Waals surface area contributed by atoms with Gasteiger partial charge in [-0.25, -0.2) is 0 Å². The third-order valence-corrected chi connectivity index (χ3v) is 3.17. The summed E-state index contributed by atoms with van der Waals surface area (Å²) in [5.41, 5.74) is -0.0355. The molecule has 0 aliphatic carbocycles. The molecule has 23 heavy (non-hydrogen) atoms. The Bertz CT molecular complexity index is 572. The van der Waals surface area contributed by atoms with Gasteiger partial charge in [0.25, 0.3) is 5.91 Å². The van der Waals surface area contributed by atoms with Gasteiger partial charge < -0.3 is 10.1 Å². The van der Waals surface area contributed by atoms with E-state index < -0.39 is 4.92 Å². The van der Waals surface area contributed by atoms with Gasteiger partial charge in [-0.1, -0.05) is 20.3 Å². The lowest BCUT2D eigenvalue weighted by Gasteiger charge is -2.08. The molecule has 0 spiro atoms. The number of nitrogens with zero attached hydrogens (tertiary/aromatic N) is 1. The number of carbonyl (C=O) groups excluding carboxylic acids is 2. The molecule has 1 N–H and O–H groups in total. The van der Waals surface area contributed by atoms with Gasteiger partial charge in [0.15, 0.2) is 18.1 Å². The minimum absolute atomic E-state index is 0.0197. The van der Waals surface area contributed by atoms with Gasteiger partial charge in [0.05, 0.1) is 4.92 Å². The minimum atomic E-state index is -0.618. The van der Waals surface area contributed by atoms with Crippen LogP contribution in [0.5, 0.6) is 5.75 Å². The Labute approximate surface area is 135 Å². The van der Waals surface area contributed by atoms with E-state index in [1.807, 2.05) is 13.8 Å². The van der Waals surface area contributed by atoms with Crippen LogP contribution in [0.3, 0.4) is 0 Å². The molecule has 0 aromatic heterocycles. The molecule has 7 heteroatoms. The lowest BCUT2D eigenvalue weighted by atomic mass is 10.1. The number of unbranched alkanes of at least 4 members (excludes halogenated alkanes) is 1. The molecule has 0 aliphatic rings. The van der Waals surface area contributed by atoms with Gasteiger partial charge in [-0.05, 0) is 25.0 Å². The molecular weight excluding hydrogens is 300 g/mol. The van der Waals surface area contributed by atoms with Crippen LogP contribution in [0.4, 0.5) is 5.69 Å². The number of hydrogen-bond donors (Lipinski definition) is 1. The second-order valence-electron chi connectivity index (χ2n) is 5.10. The highest BCUT2D eigenvalue weighted by molar-refractivity contribution is 5.96. The van der Waals surface area contributed by atoms with Gasteiger partial charge in [0, 0.05) is 24.6 Å². The number of Topliss-reactive ketones (excluding diaryl/α,β-unsaturated/α-hetero) is 1. The third-order valence-electron chi connectivity index (χ3n) is 3.17. The summed E-state index contributed by atoms with van der Waals surface area (Å²) in [6.07, 6.45) is 2.82. The minimum Gasteiger partial charge on any atom is -0.477 e. The summed E-state index contributed by atoms with van der Waals surface area (Å²) < 4.78 is 5.22. The predicted molar refractivity (Wildman–Crippen MR) is 85.7 cm³/mol. The monoisotopic (exact) mass is 322 g/mol. The van der Waals surface area contributed by atoms with Crippen molar-refractivity contribution < 1.29 is 19.2 Å². The lowest BCUT2D eigenvalue weighted by Crippen LogP contribution is -2.29. The van der Waals surface area contributed by atoms with Crippen LogP contribution in [0.1, 0.15) is 49.9 Å². The van der Waals surface area contributed by atoms with E-state index in [2.05, 4.69) is 5.32 Å². The summed E-state index contributed by atoms with van der Waals surface area (Å²) in [5, 5.41) is 13.8. The smallest absolute Gasteiger partial charge is 0.311 e. The molecule has 0 aliphatic heterocycles. The van der Waals surface area contributed by atoms with Crippen molar-refractivity contribution in [1.29, 1.82) is 0 Å². The average Bonchev–Trinajstić information content (AvgIpc) is 2.53. The molecule has 7 nitrogen and oxygen atoms in total. The normalized spacial score (nSPS) is 10.2. The van der Waals surface area contributed by atoms with Crippen molar-refractivity contribution in [3.05, 3.63) is 33.9 Å². The Morgan fingerprint density at radius 3 is 2.61 bits per heavy atom. The Hall–Kier alpha value is -2.44. The zero-order valence-electron chi connectivity index (χ0n) is 13.5. The summed E-state index contributed by atoms with van der Waals surface area (Å²) in [7, 11) is 0. The van der Waals surface area contributed by atoms with Crippen LogP contribution in [0, 0.1) is 10.1 Å². The number of amides is 1. The molecule has 0 saturated heterocycles. The van der Waals surface area contributed by atoms with Gasteiger partial charge in [-0.3, -0.25) is 19.7 Å². The second-order valence-corrected chi connectivity index (χ2v) is 5.10. The van der Waals surface area contributed by atoms with Crippen molar-refractivity contribution in [3.8, 4) is 5.75 Å². The highest BCUT2D eigenvalue weighted by atomic mass is 16.6. The Morgan fingerprint density at radius 2 is 2.00 bits per heavy atom. The number of carbonyl (C=O) groups is 2. The molecular formula is C16H22N2O5. The zero-order chi connectivity index (χ0) is 17.2. The summed E-state index contributed by atoms with van der Waals surface area (Å²) in [4.78, 5) is 33.9. The molecule has 0 fully saturated rings. The standard InChI is InChI=1S/C16H22N2O5/c1-3-5-9-17-16(20)11-23-15-8-7-12(14(19)6-4-2)10-13(15)18(21)22/h7-8,10H,3-6,9,11H2,1-2H3,(H,17,20). The molecule has 1 aromatic rings. The maximum atomic E-state index is 11.8. The first-order valence-corrected chi connectivity index (χ1v) is 7.70. The van der Waals surface area contributed by atoms with E-state index in [4.69, 9.17) is 4.74 Å². The van der Waals surface area contributed by atoms with Crippen molar-refractivity contribution in [2.75, 3.05) is 13.2 Å². The third kappa shape index (κ3) is 6.06. The number of rotatable bonds is 10. The van der Waals surface area contributed by atoms with Crippen molar-refractivity contribution in [1.82, 2.24) is 5.32 Å². The maximum absolute atomic E-state index is 11.8. The van der Waals surface area contributed by atoms with Crippen LogP contribution in [-0.2, 0) is 4.79 Å². The van der Waals surface area contributed by atoms with E-state index in [0.29, 0.717) is 19.4 Å². The van der Waals surface area contributed by atoms with E-state index in [1.165, 1.54) is 18.2 Å². The number of ketones is 1. The van der Waals surface area contributed by atoms with E-state index in [9.17, 15) is 19.7 Å². The molecule has 1 aromatic carbocycles. The molecule has 1 amide bonds. The van der Waals surface area contributed by atoms with Crippen LogP contribution < -0.4 is 10.1 Å². The SMILES string of the molecule is CCCCNC(=O)COc1ccc(C(=O)CCC)cc1[N+](=O)[O-]. The van der Waals surface area contributed by atoms with Crippen LogP contribution in [-0.4, -0.2) is 29.8 Å². The Kier molecular flexibility index (Phi) is 7.73. The van der Waals surface area contributed by atoms with E-state index in [-0.39, 0.29) is 35.3 Å². The van der Waals surface area contributed by atoms with Gasteiger partial charge in [-0.2, -0.15) is 0 Å². The molecule has 126 valence electrons. The van der Waals surface area contributed by atoms with Crippen LogP contribution >= 0.6 is 0 Å². The van der Waals surface area contributed by atoms with Gasteiger partial charge >= 0.3 is 5.69 Å². The predicted octanol–water partition coefficient (Wildman–Crippen LogP) is 2.87. The second kappa shape index (κ2) is 9.55. The number of nitro benzene ring substituents is 1.